The van der Waals surface area contributed by atoms with E-state index in [1.54, 1.807) is 0 Å². The number of ketones is 1. The minimum Gasteiger partial charge on any atom is -0.444 e. The quantitative estimate of drug-likeness (QED) is 0.605. The van der Waals surface area contributed by atoms with Gasteiger partial charge in [-0.15, -0.1) is 6.42 Å². The lowest BCUT2D eigenvalue weighted by molar-refractivity contribution is -0.118. The molecule has 0 spiro atoms. The third-order valence-electron chi connectivity index (χ3n) is 2.91. The average molecular weight is 251 g/mol. The van der Waals surface area contributed by atoms with Crippen molar-refractivity contribution in [2.75, 3.05) is 0 Å². The maximum atomic E-state index is 11.6. The predicted molar refractivity (Wildman–Crippen MR) is 69.0 cm³/mol. The molecule has 1 rings (SSSR count). The molecular weight excluding hydrogens is 230 g/mol. The molecule has 2 unspecified atom stereocenters. The molecule has 4 heteroatoms. The number of ether oxygens (including phenoxy) is 1. The molecule has 2 atom stereocenters. The SMILES string of the molecule is C#CC(=O)C1CCCC(NC(=O)OC(C)(C)C)C1. The van der Waals surface area contributed by atoms with Gasteiger partial charge in [0.25, 0.3) is 0 Å². The van der Waals surface area contributed by atoms with E-state index in [9.17, 15) is 9.59 Å². The van der Waals surface area contributed by atoms with E-state index in [0.717, 1.165) is 19.3 Å². The summed E-state index contributed by atoms with van der Waals surface area (Å²) in [4.78, 5) is 23.1. The number of rotatable bonds is 2. The molecular formula is C14H21NO3. The van der Waals surface area contributed by atoms with E-state index in [4.69, 9.17) is 11.2 Å². The summed E-state index contributed by atoms with van der Waals surface area (Å²) in [6, 6.07) is -0.0177. The van der Waals surface area contributed by atoms with Gasteiger partial charge in [0.1, 0.15) is 5.60 Å². The fraction of sp³-hybridized carbons (Fsp3) is 0.714. The van der Waals surface area contributed by atoms with E-state index in [1.807, 2.05) is 20.8 Å². The van der Waals surface area contributed by atoms with E-state index in [1.165, 1.54) is 0 Å². The molecule has 0 aromatic heterocycles. The predicted octanol–water partition coefficient (Wildman–Crippen LogP) is 2.27. The van der Waals surface area contributed by atoms with Crippen LogP contribution >= 0.6 is 0 Å². The van der Waals surface area contributed by atoms with Crippen LogP contribution in [0.4, 0.5) is 4.79 Å². The van der Waals surface area contributed by atoms with Crippen LogP contribution in [-0.2, 0) is 9.53 Å². The highest BCUT2D eigenvalue weighted by molar-refractivity contribution is 5.96. The number of amides is 1. The minimum atomic E-state index is -0.507. The zero-order valence-corrected chi connectivity index (χ0v) is 11.3. The summed E-state index contributed by atoms with van der Waals surface area (Å²) < 4.78 is 5.19. The van der Waals surface area contributed by atoms with Gasteiger partial charge in [0.15, 0.2) is 0 Å². The van der Waals surface area contributed by atoms with Crippen LogP contribution in [0.15, 0.2) is 0 Å². The fourth-order valence-corrected chi connectivity index (χ4v) is 2.15. The lowest BCUT2D eigenvalue weighted by atomic mass is 9.83. The van der Waals surface area contributed by atoms with Gasteiger partial charge < -0.3 is 10.1 Å². The van der Waals surface area contributed by atoms with Crippen LogP contribution < -0.4 is 5.32 Å². The van der Waals surface area contributed by atoms with Crippen molar-refractivity contribution in [3.05, 3.63) is 0 Å². The second-order valence-electron chi connectivity index (χ2n) is 5.72. The molecule has 0 aliphatic heterocycles. The van der Waals surface area contributed by atoms with Gasteiger partial charge in [0.05, 0.1) is 0 Å². The molecule has 1 N–H and O–H groups in total. The second kappa shape index (κ2) is 5.90. The van der Waals surface area contributed by atoms with Crippen LogP contribution in [0, 0.1) is 18.3 Å². The van der Waals surface area contributed by atoms with Crippen molar-refractivity contribution in [1.82, 2.24) is 5.32 Å². The number of carbonyl (C=O) groups is 2. The summed E-state index contributed by atoms with van der Waals surface area (Å²) in [6.07, 6.45) is 7.89. The Balaban J connectivity index is 2.46. The van der Waals surface area contributed by atoms with E-state index in [2.05, 4.69) is 11.2 Å². The van der Waals surface area contributed by atoms with E-state index in [0.29, 0.717) is 6.42 Å². The number of terminal acetylenes is 1. The lowest BCUT2D eigenvalue weighted by Crippen LogP contribution is -2.42. The molecule has 4 nitrogen and oxygen atoms in total. The van der Waals surface area contributed by atoms with Crippen molar-refractivity contribution in [2.45, 2.75) is 58.1 Å². The first kappa shape index (κ1) is 14.6. The monoisotopic (exact) mass is 251 g/mol. The molecule has 1 fully saturated rings. The summed E-state index contributed by atoms with van der Waals surface area (Å²) in [6.45, 7) is 5.45. The Hall–Kier alpha value is -1.50. The van der Waals surface area contributed by atoms with Gasteiger partial charge in [0.2, 0.25) is 5.78 Å². The summed E-state index contributed by atoms with van der Waals surface area (Å²) in [5.74, 6) is 1.88. The van der Waals surface area contributed by atoms with Crippen molar-refractivity contribution in [2.24, 2.45) is 5.92 Å². The van der Waals surface area contributed by atoms with Crippen LogP contribution in [0.5, 0.6) is 0 Å². The van der Waals surface area contributed by atoms with Crippen molar-refractivity contribution >= 4 is 11.9 Å². The highest BCUT2D eigenvalue weighted by atomic mass is 16.6. The number of carbonyl (C=O) groups excluding carboxylic acids is 2. The van der Waals surface area contributed by atoms with E-state index in [-0.39, 0.29) is 17.7 Å². The Kier molecular flexibility index (Phi) is 4.77. The van der Waals surface area contributed by atoms with Gasteiger partial charge in [-0.25, -0.2) is 4.79 Å². The van der Waals surface area contributed by atoms with Crippen LogP contribution in [0.1, 0.15) is 46.5 Å². The summed E-state index contributed by atoms with van der Waals surface area (Å²) in [5, 5.41) is 2.80. The molecule has 0 aromatic carbocycles. The van der Waals surface area contributed by atoms with Gasteiger partial charge in [-0.3, -0.25) is 4.79 Å². The van der Waals surface area contributed by atoms with Crippen LogP contribution in [0.3, 0.4) is 0 Å². The Bertz CT molecular complexity index is 362. The first-order chi connectivity index (χ1) is 8.31. The molecule has 0 saturated heterocycles. The zero-order valence-electron chi connectivity index (χ0n) is 11.3. The minimum absolute atomic E-state index is 0.0177. The molecule has 0 bridgehead atoms. The third kappa shape index (κ3) is 4.79. The lowest BCUT2D eigenvalue weighted by Gasteiger charge is -2.29. The molecule has 18 heavy (non-hydrogen) atoms. The molecule has 100 valence electrons. The number of hydrogen-bond donors (Lipinski definition) is 1. The number of alkyl carbamates (subject to hydrolysis) is 1. The summed E-state index contributed by atoms with van der Waals surface area (Å²) in [5.41, 5.74) is -0.507. The molecule has 0 radical (unpaired) electrons. The van der Waals surface area contributed by atoms with Crippen LogP contribution in [0.2, 0.25) is 0 Å². The van der Waals surface area contributed by atoms with Gasteiger partial charge in [-0.05, 0) is 46.0 Å². The number of nitrogens with one attached hydrogen (secondary N) is 1. The Labute approximate surface area is 108 Å². The standard InChI is InChI=1S/C14H21NO3/c1-5-12(16)10-7-6-8-11(9-10)15-13(17)18-14(2,3)4/h1,10-11H,6-9H2,2-4H3,(H,15,17). The maximum absolute atomic E-state index is 11.6. The highest BCUT2D eigenvalue weighted by Gasteiger charge is 2.28. The third-order valence-corrected chi connectivity index (χ3v) is 2.91. The Morgan fingerprint density at radius 2 is 2.00 bits per heavy atom. The average Bonchev–Trinajstić information content (AvgIpc) is 2.25. The summed E-state index contributed by atoms with van der Waals surface area (Å²) >= 11 is 0. The van der Waals surface area contributed by atoms with Gasteiger partial charge in [-0.1, -0.05) is 6.42 Å². The van der Waals surface area contributed by atoms with Gasteiger partial charge in [0, 0.05) is 12.0 Å². The van der Waals surface area contributed by atoms with Crippen LogP contribution in [0.25, 0.3) is 0 Å². The molecule has 0 aromatic rings. The smallest absolute Gasteiger partial charge is 0.407 e. The Morgan fingerprint density at radius 1 is 1.33 bits per heavy atom. The highest BCUT2D eigenvalue weighted by Crippen LogP contribution is 2.25. The molecule has 0 heterocycles. The molecule has 1 saturated carbocycles. The van der Waals surface area contributed by atoms with Crippen molar-refractivity contribution in [3.8, 4) is 12.3 Å². The van der Waals surface area contributed by atoms with Crippen molar-refractivity contribution in [3.63, 3.8) is 0 Å². The number of Topliss-reactive ketones (excluding diaryl/α,β-unsaturated/α-hetero) is 1. The van der Waals surface area contributed by atoms with Crippen LogP contribution in [-0.4, -0.2) is 23.5 Å². The first-order valence-electron chi connectivity index (χ1n) is 6.32. The fourth-order valence-electron chi connectivity index (χ4n) is 2.15. The zero-order chi connectivity index (χ0) is 13.8. The Morgan fingerprint density at radius 3 is 2.56 bits per heavy atom. The van der Waals surface area contributed by atoms with E-state index >= 15 is 0 Å². The summed E-state index contributed by atoms with van der Waals surface area (Å²) in [7, 11) is 0. The molecule has 1 aliphatic rings. The second-order valence-corrected chi connectivity index (χ2v) is 5.72. The van der Waals surface area contributed by atoms with Gasteiger partial charge in [-0.2, -0.15) is 0 Å². The molecule has 1 amide bonds. The van der Waals surface area contributed by atoms with Crippen molar-refractivity contribution in [1.29, 1.82) is 0 Å². The van der Waals surface area contributed by atoms with Gasteiger partial charge >= 0.3 is 6.09 Å². The maximum Gasteiger partial charge on any atom is 0.407 e. The normalized spacial score (nSPS) is 23.9. The largest absolute Gasteiger partial charge is 0.444 e. The molecule has 1 aliphatic carbocycles. The first-order valence-corrected chi connectivity index (χ1v) is 6.32. The topological polar surface area (TPSA) is 55.4 Å². The number of hydrogen-bond acceptors (Lipinski definition) is 3. The van der Waals surface area contributed by atoms with Crippen molar-refractivity contribution < 1.29 is 14.3 Å². The van der Waals surface area contributed by atoms with E-state index < -0.39 is 11.7 Å².